The number of hydrogen-bond acceptors (Lipinski definition) is 4. The van der Waals surface area contributed by atoms with Crippen LogP contribution in [-0.4, -0.2) is 55.6 Å². The van der Waals surface area contributed by atoms with Gasteiger partial charge >= 0.3 is 0 Å². The summed E-state index contributed by atoms with van der Waals surface area (Å²) in [5, 5.41) is 2.62. The lowest BCUT2D eigenvalue weighted by Crippen LogP contribution is -2.29. The van der Waals surface area contributed by atoms with Crippen LogP contribution in [0.15, 0.2) is 18.3 Å². The van der Waals surface area contributed by atoms with Crippen LogP contribution >= 0.6 is 0 Å². The zero-order chi connectivity index (χ0) is 15.2. The number of likely N-dealkylation sites (tertiary alicyclic amines) is 1. The van der Waals surface area contributed by atoms with Crippen LogP contribution in [0.2, 0.25) is 0 Å². The third-order valence-electron chi connectivity index (χ3n) is 3.70. The largest absolute Gasteiger partial charge is 0.383 e. The summed E-state index contributed by atoms with van der Waals surface area (Å²) in [5.74, 6) is 0.209. The van der Waals surface area contributed by atoms with Crippen molar-refractivity contribution >= 4 is 11.8 Å². The average Bonchev–Trinajstić information content (AvgIpc) is 2.84. The van der Waals surface area contributed by atoms with Gasteiger partial charge in [0.15, 0.2) is 0 Å². The molecule has 2 heterocycles. The van der Waals surface area contributed by atoms with Gasteiger partial charge in [0, 0.05) is 39.9 Å². The van der Waals surface area contributed by atoms with Crippen molar-refractivity contribution in [3.8, 4) is 0 Å². The minimum absolute atomic E-state index is 0.140. The summed E-state index contributed by atoms with van der Waals surface area (Å²) in [5.41, 5.74) is 1.34. The molecular weight excluding hydrogens is 270 g/mol. The van der Waals surface area contributed by atoms with E-state index in [2.05, 4.69) is 10.3 Å². The molecule has 0 bridgehead atoms. The topological polar surface area (TPSA) is 71.5 Å². The highest BCUT2D eigenvalue weighted by atomic mass is 16.5. The molecule has 0 radical (unpaired) electrons. The summed E-state index contributed by atoms with van der Waals surface area (Å²) in [6.45, 7) is 1.87. The van der Waals surface area contributed by atoms with Crippen molar-refractivity contribution < 1.29 is 14.3 Å². The standard InChI is InChI=1S/C15H21N3O3/c1-16-15(20)12-4-3-5-17-13(12)8-11-9-14(19)18(10-11)6-7-21-2/h3-5,11H,6-10H2,1-2H3,(H,16,20). The maximum Gasteiger partial charge on any atom is 0.252 e. The van der Waals surface area contributed by atoms with E-state index in [4.69, 9.17) is 4.74 Å². The summed E-state index contributed by atoms with van der Waals surface area (Å²) in [7, 11) is 3.23. The SMILES string of the molecule is CNC(=O)c1cccnc1CC1CC(=O)N(CCOC)C1. The smallest absolute Gasteiger partial charge is 0.252 e. The van der Waals surface area contributed by atoms with Crippen molar-refractivity contribution in [2.24, 2.45) is 5.92 Å². The van der Waals surface area contributed by atoms with E-state index in [1.54, 1.807) is 32.5 Å². The van der Waals surface area contributed by atoms with Gasteiger partial charge in [-0.05, 0) is 24.5 Å². The van der Waals surface area contributed by atoms with Gasteiger partial charge in [-0.3, -0.25) is 14.6 Å². The lowest BCUT2D eigenvalue weighted by Gasteiger charge is -2.16. The summed E-state index contributed by atoms with van der Waals surface area (Å²) in [6.07, 6.45) is 2.83. The van der Waals surface area contributed by atoms with Crippen LogP contribution in [0.25, 0.3) is 0 Å². The van der Waals surface area contributed by atoms with Crippen LogP contribution in [0.3, 0.4) is 0 Å². The lowest BCUT2D eigenvalue weighted by atomic mass is 9.99. The van der Waals surface area contributed by atoms with Gasteiger partial charge in [0.1, 0.15) is 0 Å². The Bertz CT molecular complexity index is 519. The number of carbonyl (C=O) groups excluding carboxylic acids is 2. The van der Waals surface area contributed by atoms with Gasteiger partial charge in [0.2, 0.25) is 5.91 Å². The maximum atomic E-state index is 11.9. The Morgan fingerprint density at radius 1 is 1.57 bits per heavy atom. The predicted molar refractivity (Wildman–Crippen MR) is 77.9 cm³/mol. The van der Waals surface area contributed by atoms with Crippen molar-refractivity contribution in [3.05, 3.63) is 29.6 Å². The normalized spacial score (nSPS) is 18.1. The van der Waals surface area contributed by atoms with Gasteiger partial charge in [0.25, 0.3) is 5.91 Å². The molecule has 1 fully saturated rings. The quantitative estimate of drug-likeness (QED) is 0.827. The minimum atomic E-state index is -0.140. The number of nitrogens with zero attached hydrogens (tertiary/aromatic N) is 2. The summed E-state index contributed by atoms with van der Waals surface area (Å²) in [4.78, 5) is 29.9. The minimum Gasteiger partial charge on any atom is -0.383 e. The Morgan fingerprint density at radius 2 is 2.38 bits per heavy atom. The molecule has 6 heteroatoms. The van der Waals surface area contributed by atoms with Gasteiger partial charge in [0.05, 0.1) is 17.9 Å². The second kappa shape index (κ2) is 7.17. The fourth-order valence-electron chi connectivity index (χ4n) is 2.62. The van der Waals surface area contributed by atoms with E-state index in [0.717, 1.165) is 5.69 Å². The van der Waals surface area contributed by atoms with Crippen molar-refractivity contribution in [2.75, 3.05) is 33.9 Å². The molecule has 0 aromatic carbocycles. The summed E-state index contributed by atoms with van der Waals surface area (Å²) >= 11 is 0. The number of amides is 2. The molecule has 0 aliphatic carbocycles. The van der Waals surface area contributed by atoms with E-state index in [-0.39, 0.29) is 17.7 Å². The number of rotatable bonds is 6. The molecule has 6 nitrogen and oxygen atoms in total. The third-order valence-corrected chi connectivity index (χ3v) is 3.70. The Labute approximate surface area is 124 Å². The number of carbonyl (C=O) groups is 2. The molecule has 1 atom stereocenters. The summed E-state index contributed by atoms with van der Waals surface area (Å²) < 4.78 is 5.01. The highest BCUT2D eigenvalue weighted by molar-refractivity contribution is 5.95. The zero-order valence-corrected chi connectivity index (χ0v) is 12.5. The second-order valence-corrected chi connectivity index (χ2v) is 5.18. The molecule has 1 aromatic heterocycles. The van der Waals surface area contributed by atoms with E-state index in [9.17, 15) is 9.59 Å². The van der Waals surface area contributed by atoms with Crippen molar-refractivity contribution in [2.45, 2.75) is 12.8 Å². The third kappa shape index (κ3) is 3.78. The predicted octanol–water partition coefficient (Wildman–Crippen LogP) is 0.479. The monoisotopic (exact) mass is 291 g/mol. The van der Waals surface area contributed by atoms with Crippen LogP contribution < -0.4 is 5.32 Å². The van der Waals surface area contributed by atoms with Crippen LogP contribution in [0.1, 0.15) is 22.5 Å². The highest BCUT2D eigenvalue weighted by Crippen LogP contribution is 2.22. The van der Waals surface area contributed by atoms with Crippen molar-refractivity contribution in [3.63, 3.8) is 0 Å². The molecule has 2 rings (SSSR count). The molecule has 1 saturated heterocycles. The van der Waals surface area contributed by atoms with Gasteiger partial charge < -0.3 is 15.0 Å². The molecule has 0 spiro atoms. The Kier molecular flexibility index (Phi) is 5.27. The molecule has 0 saturated carbocycles. The lowest BCUT2D eigenvalue weighted by molar-refractivity contribution is -0.128. The van der Waals surface area contributed by atoms with Crippen molar-refractivity contribution in [1.29, 1.82) is 0 Å². The van der Waals surface area contributed by atoms with Gasteiger partial charge in [-0.2, -0.15) is 0 Å². The summed E-state index contributed by atoms with van der Waals surface area (Å²) in [6, 6.07) is 3.51. The average molecular weight is 291 g/mol. The number of ether oxygens (including phenoxy) is 1. The van der Waals surface area contributed by atoms with Crippen LogP contribution in [0.5, 0.6) is 0 Å². The van der Waals surface area contributed by atoms with Crippen LogP contribution in [-0.2, 0) is 16.0 Å². The van der Waals surface area contributed by atoms with E-state index < -0.39 is 0 Å². The maximum absolute atomic E-state index is 11.9. The van der Waals surface area contributed by atoms with E-state index in [1.807, 2.05) is 4.90 Å². The fourth-order valence-corrected chi connectivity index (χ4v) is 2.62. The van der Waals surface area contributed by atoms with Crippen LogP contribution in [0, 0.1) is 5.92 Å². The van der Waals surface area contributed by atoms with Gasteiger partial charge in [-0.15, -0.1) is 0 Å². The molecule has 1 aliphatic heterocycles. The fraction of sp³-hybridized carbons (Fsp3) is 0.533. The van der Waals surface area contributed by atoms with E-state index in [0.29, 0.717) is 38.1 Å². The first-order valence-corrected chi connectivity index (χ1v) is 7.08. The Morgan fingerprint density at radius 3 is 3.10 bits per heavy atom. The first-order valence-electron chi connectivity index (χ1n) is 7.08. The van der Waals surface area contributed by atoms with E-state index in [1.165, 1.54) is 0 Å². The number of pyridine rings is 1. The zero-order valence-electron chi connectivity index (χ0n) is 12.5. The van der Waals surface area contributed by atoms with Crippen LogP contribution in [0.4, 0.5) is 0 Å². The number of hydrogen-bond donors (Lipinski definition) is 1. The van der Waals surface area contributed by atoms with E-state index >= 15 is 0 Å². The Balaban J connectivity index is 2.03. The molecule has 1 aliphatic rings. The number of aromatic nitrogens is 1. The van der Waals surface area contributed by atoms with Gasteiger partial charge in [-0.25, -0.2) is 0 Å². The first kappa shape index (κ1) is 15.4. The molecular formula is C15H21N3O3. The molecule has 21 heavy (non-hydrogen) atoms. The molecule has 1 N–H and O–H groups in total. The number of nitrogens with one attached hydrogen (secondary N) is 1. The van der Waals surface area contributed by atoms with Gasteiger partial charge in [-0.1, -0.05) is 0 Å². The Hall–Kier alpha value is -1.95. The first-order chi connectivity index (χ1) is 10.2. The van der Waals surface area contributed by atoms with Crippen molar-refractivity contribution in [1.82, 2.24) is 15.2 Å². The molecule has 1 aromatic rings. The number of methoxy groups -OCH3 is 1. The molecule has 2 amide bonds. The highest BCUT2D eigenvalue weighted by Gasteiger charge is 2.30. The molecule has 1 unspecified atom stereocenters. The second-order valence-electron chi connectivity index (χ2n) is 5.18. The molecule has 114 valence electrons.